The Morgan fingerprint density at radius 1 is 1.26 bits per heavy atom. The van der Waals surface area contributed by atoms with Gasteiger partial charge in [0.05, 0.1) is 12.5 Å². The van der Waals surface area contributed by atoms with Crippen molar-refractivity contribution >= 4 is 0 Å². The SMILES string of the molecule is CC(C)C(N)c1noc(Cc2ccc(F)c(F)c2)n1. The van der Waals surface area contributed by atoms with Gasteiger partial charge in [-0.25, -0.2) is 8.78 Å². The second-order valence-electron chi connectivity index (χ2n) is 4.74. The minimum Gasteiger partial charge on any atom is -0.339 e. The van der Waals surface area contributed by atoms with Gasteiger partial charge in [0.25, 0.3) is 0 Å². The monoisotopic (exact) mass is 267 g/mol. The van der Waals surface area contributed by atoms with Crippen molar-refractivity contribution in [3.05, 3.63) is 47.1 Å². The molecule has 6 heteroatoms. The predicted octanol–water partition coefficient (Wildman–Crippen LogP) is 2.59. The predicted molar refractivity (Wildman–Crippen MR) is 65.2 cm³/mol. The lowest BCUT2D eigenvalue weighted by Gasteiger charge is -2.09. The van der Waals surface area contributed by atoms with E-state index in [4.69, 9.17) is 10.3 Å². The van der Waals surface area contributed by atoms with Crippen molar-refractivity contribution in [3.8, 4) is 0 Å². The van der Waals surface area contributed by atoms with Gasteiger partial charge in [0, 0.05) is 0 Å². The molecular weight excluding hydrogens is 252 g/mol. The quantitative estimate of drug-likeness (QED) is 0.924. The Morgan fingerprint density at radius 2 is 2.00 bits per heavy atom. The first-order valence-corrected chi connectivity index (χ1v) is 5.99. The van der Waals surface area contributed by atoms with E-state index >= 15 is 0 Å². The van der Waals surface area contributed by atoms with E-state index in [1.165, 1.54) is 6.07 Å². The summed E-state index contributed by atoms with van der Waals surface area (Å²) < 4.78 is 30.9. The van der Waals surface area contributed by atoms with Crippen molar-refractivity contribution in [2.75, 3.05) is 0 Å². The molecule has 1 heterocycles. The van der Waals surface area contributed by atoms with Gasteiger partial charge >= 0.3 is 0 Å². The number of benzene rings is 1. The fourth-order valence-corrected chi connectivity index (χ4v) is 1.60. The molecule has 2 aromatic rings. The average molecular weight is 267 g/mol. The minimum absolute atomic E-state index is 0.189. The summed E-state index contributed by atoms with van der Waals surface area (Å²) in [5.41, 5.74) is 6.46. The third kappa shape index (κ3) is 3.14. The molecule has 0 saturated heterocycles. The van der Waals surface area contributed by atoms with Gasteiger partial charge < -0.3 is 10.3 Å². The largest absolute Gasteiger partial charge is 0.339 e. The van der Waals surface area contributed by atoms with Gasteiger partial charge in [0.1, 0.15) is 0 Å². The van der Waals surface area contributed by atoms with E-state index in [0.29, 0.717) is 17.3 Å². The van der Waals surface area contributed by atoms with Crippen LogP contribution in [0.3, 0.4) is 0 Å². The summed E-state index contributed by atoms with van der Waals surface area (Å²) >= 11 is 0. The maximum Gasteiger partial charge on any atom is 0.231 e. The molecule has 0 radical (unpaired) electrons. The zero-order chi connectivity index (χ0) is 14.0. The number of aromatic nitrogens is 2. The Hall–Kier alpha value is -1.82. The third-order valence-corrected chi connectivity index (χ3v) is 2.84. The van der Waals surface area contributed by atoms with Crippen LogP contribution in [0.1, 0.15) is 37.2 Å². The Morgan fingerprint density at radius 3 is 2.63 bits per heavy atom. The number of hydrogen-bond donors (Lipinski definition) is 1. The highest BCUT2D eigenvalue weighted by atomic mass is 19.2. The topological polar surface area (TPSA) is 64.9 Å². The highest BCUT2D eigenvalue weighted by molar-refractivity contribution is 5.20. The molecule has 2 rings (SSSR count). The maximum absolute atomic E-state index is 13.1. The summed E-state index contributed by atoms with van der Waals surface area (Å²) in [6, 6.07) is 3.36. The van der Waals surface area contributed by atoms with Gasteiger partial charge in [0.2, 0.25) is 5.89 Å². The van der Waals surface area contributed by atoms with E-state index in [9.17, 15) is 8.78 Å². The lowest BCUT2D eigenvalue weighted by molar-refractivity contribution is 0.368. The van der Waals surface area contributed by atoms with E-state index in [2.05, 4.69) is 10.1 Å². The van der Waals surface area contributed by atoms with Crippen LogP contribution in [0.25, 0.3) is 0 Å². The molecule has 2 N–H and O–H groups in total. The summed E-state index contributed by atoms with van der Waals surface area (Å²) in [7, 11) is 0. The van der Waals surface area contributed by atoms with Gasteiger partial charge in [-0.2, -0.15) is 4.98 Å². The first-order chi connectivity index (χ1) is 8.97. The summed E-state index contributed by atoms with van der Waals surface area (Å²) in [6.07, 6.45) is 0.245. The van der Waals surface area contributed by atoms with Crippen molar-refractivity contribution in [1.82, 2.24) is 10.1 Å². The van der Waals surface area contributed by atoms with Crippen LogP contribution in [0.15, 0.2) is 22.7 Å². The molecule has 0 spiro atoms. The van der Waals surface area contributed by atoms with E-state index in [-0.39, 0.29) is 18.4 Å². The molecule has 1 atom stereocenters. The van der Waals surface area contributed by atoms with Crippen molar-refractivity contribution in [3.63, 3.8) is 0 Å². The zero-order valence-electron chi connectivity index (χ0n) is 10.7. The highest BCUT2D eigenvalue weighted by Gasteiger charge is 2.17. The van der Waals surface area contributed by atoms with Crippen LogP contribution in [0.5, 0.6) is 0 Å². The Kier molecular flexibility index (Phi) is 3.90. The highest BCUT2D eigenvalue weighted by Crippen LogP contribution is 2.17. The number of nitrogens with zero attached hydrogens (tertiary/aromatic N) is 2. The fourth-order valence-electron chi connectivity index (χ4n) is 1.60. The van der Waals surface area contributed by atoms with Crippen LogP contribution in [0.2, 0.25) is 0 Å². The van der Waals surface area contributed by atoms with Gasteiger partial charge in [-0.1, -0.05) is 25.1 Å². The maximum atomic E-state index is 13.1. The molecule has 0 amide bonds. The number of nitrogens with two attached hydrogens (primary N) is 1. The lowest BCUT2D eigenvalue weighted by atomic mass is 10.1. The standard InChI is InChI=1S/C13H15F2N3O/c1-7(2)12(16)13-17-11(19-18-13)6-8-3-4-9(14)10(15)5-8/h3-5,7,12H,6,16H2,1-2H3. The molecule has 0 aliphatic rings. The van der Waals surface area contributed by atoms with Crippen LogP contribution in [-0.4, -0.2) is 10.1 Å². The molecule has 0 fully saturated rings. The van der Waals surface area contributed by atoms with Crippen LogP contribution in [0.4, 0.5) is 8.78 Å². The zero-order valence-corrected chi connectivity index (χ0v) is 10.7. The van der Waals surface area contributed by atoms with E-state index in [1.807, 2.05) is 13.8 Å². The van der Waals surface area contributed by atoms with E-state index < -0.39 is 11.6 Å². The van der Waals surface area contributed by atoms with Gasteiger partial charge in [-0.05, 0) is 23.6 Å². The molecule has 4 nitrogen and oxygen atoms in total. The third-order valence-electron chi connectivity index (χ3n) is 2.84. The Bertz CT molecular complexity index is 569. The van der Waals surface area contributed by atoms with Crippen molar-refractivity contribution < 1.29 is 13.3 Å². The summed E-state index contributed by atoms with van der Waals surface area (Å²) in [5, 5.41) is 3.79. The summed E-state index contributed by atoms with van der Waals surface area (Å²) in [4.78, 5) is 4.16. The van der Waals surface area contributed by atoms with Crippen LogP contribution in [-0.2, 0) is 6.42 Å². The molecule has 0 aliphatic carbocycles. The van der Waals surface area contributed by atoms with Gasteiger partial charge in [-0.15, -0.1) is 0 Å². The van der Waals surface area contributed by atoms with Crippen LogP contribution in [0, 0.1) is 17.6 Å². The normalized spacial score (nSPS) is 12.9. The van der Waals surface area contributed by atoms with Crippen molar-refractivity contribution in [1.29, 1.82) is 0 Å². The smallest absolute Gasteiger partial charge is 0.231 e. The Labute approximate surface area is 109 Å². The van der Waals surface area contributed by atoms with E-state index in [0.717, 1.165) is 12.1 Å². The Balaban J connectivity index is 2.13. The average Bonchev–Trinajstić information content (AvgIpc) is 2.81. The lowest BCUT2D eigenvalue weighted by Crippen LogP contribution is -2.18. The van der Waals surface area contributed by atoms with E-state index in [1.54, 1.807) is 0 Å². The van der Waals surface area contributed by atoms with Crippen molar-refractivity contribution in [2.24, 2.45) is 11.7 Å². The number of rotatable bonds is 4. The molecule has 19 heavy (non-hydrogen) atoms. The first kappa shape index (κ1) is 13.6. The second kappa shape index (κ2) is 5.44. The van der Waals surface area contributed by atoms with Crippen LogP contribution >= 0.6 is 0 Å². The molecule has 0 bridgehead atoms. The number of halogens is 2. The molecule has 0 saturated carbocycles. The first-order valence-electron chi connectivity index (χ1n) is 5.99. The molecule has 102 valence electrons. The van der Waals surface area contributed by atoms with Gasteiger partial charge in [-0.3, -0.25) is 0 Å². The molecule has 1 unspecified atom stereocenters. The minimum atomic E-state index is -0.892. The molecule has 1 aromatic heterocycles. The number of hydrogen-bond acceptors (Lipinski definition) is 4. The fraction of sp³-hybridized carbons (Fsp3) is 0.385. The summed E-state index contributed by atoms with van der Waals surface area (Å²) in [6.45, 7) is 3.91. The summed E-state index contributed by atoms with van der Waals surface area (Å²) in [5.74, 6) is -0.827. The molecule has 0 aliphatic heterocycles. The molecular formula is C13H15F2N3O. The van der Waals surface area contributed by atoms with Gasteiger partial charge in [0.15, 0.2) is 17.5 Å². The molecule has 1 aromatic carbocycles. The van der Waals surface area contributed by atoms with Crippen LogP contribution < -0.4 is 5.73 Å². The second-order valence-corrected chi connectivity index (χ2v) is 4.74. The van der Waals surface area contributed by atoms with Crippen molar-refractivity contribution in [2.45, 2.75) is 26.3 Å².